The Labute approximate surface area is 191 Å². The normalized spacial score (nSPS) is 40.5. The Bertz CT molecular complexity index is 432. The van der Waals surface area contributed by atoms with Gasteiger partial charge in [0.15, 0.2) is 0 Å². The molecule has 0 aliphatic carbocycles. The van der Waals surface area contributed by atoms with E-state index in [0.717, 1.165) is 0 Å². The summed E-state index contributed by atoms with van der Waals surface area (Å²) in [7, 11) is 0. The van der Waals surface area contributed by atoms with Crippen molar-refractivity contribution < 1.29 is 56.6 Å². The van der Waals surface area contributed by atoms with Gasteiger partial charge in [-0.15, -0.1) is 0 Å². The van der Waals surface area contributed by atoms with Crippen LogP contribution >= 0.6 is 0 Å². The van der Waals surface area contributed by atoms with Gasteiger partial charge in [0, 0.05) is 26.2 Å². The summed E-state index contributed by atoms with van der Waals surface area (Å²) in [6.45, 7) is 1.06. The van der Waals surface area contributed by atoms with Crippen molar-refractivity contribution in [3.63, 3.8) is 0 Å². The number of ether oxygens (including phenoxy) is 2. The summed E-state index contributed by atoms with van der Waals surface area (Å²) in [5, 5.41) is 61.7. The zero-order valence-corrected chi connectivity index (χ0v) is 18.1. The molecule has 16 N–H and O–H groups in total. The average Bonchev–Trinajstić information content (AvgIpc) is 2.75. The molecule has 2 aliphatic heterocycles. The van der Waals surface area contributed by atoms with Gasteiger partial charge in [0.2, 0.25) is 0 Å². The van der Waals surface area contributed by atoms with Gasteiger partial charge in [-0.3, -0.25) is 10.6 Å². The average molecular weight is 501 g/mol. The molecule has 2 heterocycles. The van der Waals surface area contributed by atoms with Gasteiger partial charge in [0.05, 0.1) is 25.3 Å². The predicted octanol–water partition coefficient (Wildman–Crippen LogP) is -7.40. The maximum Gasteiger partial charge on any atom is 2.00 e. The number of nitrogens with one attached hydrogen (secondary N) is 2. The molecule has 0 unspecified atom stereocenters. The van der Waals surface area contributed by atoms with Gasteiger partial charge in [-0.1, -0.05) is 0 Å². The number of hydrogen-bond donors (Lipinski definition) is 12. The van der Waals surface area contributed by atoms with E-state index in [0.29, 0.717) is 26.2 Å². The Hall–Kier alpha value is -0.0665. The number of aliphatic hydroxyl groups is 6. The first-order valence-electron chi connectivity index (χ1n) is 9.86. The predicted molar refractivity (Wildman–Crippen MR) is 106 cm³/mol. The van der Waals surface area contributed by atoms with Gasteiger partial charge in [0.25, 0.3) is 0 Å². The molecule has 0 aromatic rings. The minimum atomic E-state index is -1.17. The SMILES string of the molecule is NCCN[C@@H]1O[C@H](CO)[C@H](O)[C@@H](O)[C@H]1N.NCCN[C@@H]1O[C@H](CO)[C@H](O)[C@@H](O)[C@H]1N.[Ni+2]. The molecule has 188 valence electrons. The minimum Gasteiger partial charge on any atom is -0.394 e. The van der Waals surface area contributed by atoms with E-state index in [-0.39, 0.29) is 29.7 Å². The fourth-order valence-electron chi connectivity index (χ4n) is 3.09. The van der Waals surface area contributed by atoms with Crippen LogP contribution in [0, 0.1) is 0 Å². The van der Waals surface area contributed by atoms with E-state index >= 15 is 0 Å². The quantitative estimate of drug-likeness (QED) is 0.138. The Kier molecular flexibility index (Phi) is 15.7. The molecule has 0 saturated carbocycles. The van der Waals surface area contributed by atoms with Crippen molar-refractivity contribution in [2.24, 2.45) is 22.9 Å². The summed E-state index contributed by atoms with van der Waals surface area (Å²) in [5.74, 6) is 0. The van der Waals surface area contributed by atoms with Crippen molar-refractivity contribution in [1.82, 2.24) is 10.6 Å². The van der Waals surface area contributed by atoms with Crippen LogP contribution in [-0.4, -0.2) is 131 Å². The Balaban J connectivity index is 0.000000562. The minimum absolute atomic E-state index is 0. The molecule has 2 fully saturated rings. The molecule has 14 nitrogen and oxygen atoms in total. The number of hydrogen-bond acceptors (Lipinski definition) is 14. The van der Waals surface area contributed by atoms with Gasteiger partial charge in [-0.25, -0.2) is 0 Å². The van der Waals surface area contributed by atoms with Crippen molar-refractivity contribution >= 4 is 0 Å². The van der Waals surface area contributed by atoms with Gasteiger partial charge < -0.3 is 63.0 Å². The van der Waals surface area contributed by atoms with Crippen LogP contribution in [0.4, 0.5) is 0 Å². The molecule has 2 saturated heterocycles. The summed E-state index contributed by atoms with van der Waals surface area (Å²) in [5.41, 5.74) is 21.9. The maximum atomic E-state index is 9.58. The monoisotopic (exact) mass is 500 g/mol. The molecule has 0 spiro atoms. The van der Waals surface area contributed by atoms with Crippen LogP contribution in [0.15, 0.2) is 0 Å². The van der Waals surface area contributed by atoms with E-state index in [4.69, 9.17) is 42.6 Å². The van der Waals surface area contributed by atoms with E-state index in [9.17, 15) is 20.4 Å². The van der Waals surface area contributed by atoms with Crippen LogP contribution < -0.4 is 33.6 Å². The fraction of sp³-hybridized carbons (Fsp3) is 1.00. The van der Waals surface area contributed by atoms with E-state index < -0.39 is 61.2 Å². The van der Waals surface area contributed by atoms with Gasteiger partial charge in [0.1, 0.15) is 49.1 Å². The van der Waals surface area contributed by atoms with Crippen LogP contribution in [0.2, 0.25) is 0 Å². The van der Waals surface area contributed by atoms with Crippen LogP contribution in [0.25, 0.3) is 0 Å². The Morgan fingerprint density at radius 3 is 1.23 bits per heavy atom. The number of aliphatic hydroxyl groups excluding tert-OH is 6. The summed E-state index contributed by atoms with van der Waals surface area (Å²) < 4.78 is 10.6. The van der Waals surface area contributed by atoms with E-state index in [1.807, 2.05) is 0 Å². The van der Waals surface area contributed by atoms with Crippen LogP contribution in [0.5, 0.6) is 0 Å². The first kappa shape index (κ1) is 30.9. The molecule has 31 heavy (non-hydrogen) atoms. The van der Waals surface area contributed by atoms with Crippen LogP contribution in [-0.2, 0) is 26.0 Å². The molecule has 0 aromatic carbocycles. The Morgan fingerprint density at radius 1 is 0.645 bits per heavy atom. The molecule has 0 radical (unpaired) electrons. The van der Waals surface area contributed by atoms with Gasteiger partial charge in [-0.2, -0.15) is 0 Å². The molecule has 2 aliphatic rings. The summed E-state index contributed by atoms with van der Waals surface area (Å²) in [4.78, 5) is 0. The van der Waals surface area contributed by atoms with Crippen LogP contribution in [0.3, 0.4) is 0 Å². The number of nitrogens with two attached hydrogens (primary N) is 4. The third-order valence-electron chi connectivity index (χ3n) is 4.93. The number of rotatable bonds is 8. The topological polar surface area (TPSA) is 268 Å². The van der Waals surface area contributed by atoms with E-state index in [1.54, 1.807) is 0 Å². The fourth-order valence-corrected chi connectivity index (χ4v) is 3.09. The van der Waals surface area contributed by atoms with Crippen molar-refractivity contribution in [2.45, 2.75) is 61.2 Å². The van der Waals surface area contributed by atoms with Crippen molar-refractivity contribution in [2.75, 3.05) is 39.4 Å². The second-order valence-electron chi connectivity index (χ2n) is 7.16. The maximum absolute atomic E-state index is 9.58. The molecular weight excluding hydrogens is 463 g/mol. The first-order valence-corrected chi connectivity index (χ1v) is 9.86. The second-order valence-corrected chi connectivity index (χ2v) is 7.16. The second kappa shape index (κ2) is 15.7. The summed E-state index contributed by atoms with van der Waals surface area (Å²) in [6.07, 6.45) is -7.43. The van der Waals surface area contributed by atoms with E-state index in [1.165, 1.54) is 0 Å². The zero-order valence-electron chi connectivity index (χ0n) is 17.1. The zero-order chi connectivity index (χ0) is 22.8. The molecule has 10 atom stereocenters. The van der Waals surface area contributed by atoms with Crippen LogP contribution in [0.1, 0.15) is 0 Å². The van der Waals surface area contributed by atoms with Gasteiger partial charge in [-0.05, 0) is 0 Å². The smallest absolute Gasteiger partial charge is 0.394 e. The van der Waals surface area contributed by atoms with E-state index in [2.05, 4.69) is 10.6 Å². The van der Waals surface area contributed by atoms with Gasteiger partial charge >= 0.3 is 16.5 Å². The molecule has 0 amide bonds. The Morgan fingerprint density at radius 2 is 0.968 bits per heavy atom. The molecule has 0 bridgehead atoms. The summed E-state index contributed by atoms with van der Waals surface area (Å²) in [6, 6.07) is -1.48. The first-order chi connectivity index (χ1) is 14.2. The third kappa shape index (κ3) is 8.66. The largest absolute Gasteiger partial charge is 2.00 e. The standard InChI is InChI=1S/2C8H19N3O4.Ni/c2*9-1-2-11-8-5(10)7(14)6(13)4(3-12)15-8;/h2*4-8,11-14H,1-3,9-10H2;/q;;+2/t2*4-,5-,6+,7+,8-;/m11./s1. The van der Waals surface area contributed by atoms with Crippen molar-refractivity contribution in [3.8, 4) is 0 Å². The molecule has 15 heteroatoms. The molecule has 2 rings (SSSR count). The van der Waals surface area contributed by atoms with Crippen molar-refractivity contribution in [1.29, 1.82) is 0 Å². The summed E-state index contributed by atoms with van der Waals surface area (Å²) >= 11 is 0. The molecular formula is C16H38N6NiO8+2. The molecule has 0 aromatic heterocycles. The third-order valence-corrected chi connectivity index (χ3v) is 4.93. The van der Waals surface area contributed by atoms with Crippen molar-refractivity contribution in [3.05, 3.63) is 0 Å².